The number of nitriles is 1. The van der Waals surface area contributed by atoms with E-state index in [2.05, 4.69) is 25.7 Å². The smallest absolute Gasteiger partial charge is 0.354 e. The van der Waals surface area contributed by atoms with Gasteiger partial charge in [0.1, 0.15) is 22.5 Å². The molecule has 0 amide bonds. The molecule has 9 nitrogen and oxygen atoms in total. The van der Waals surface area contributed by atoms with Gasteiger partial charge in [-0.05, 0) is 50.1 Å². The maximum absolute atomic E-state index is 13.1. The highest BCUT2D eigenvalue weighted by Crippen LogP contribution is 2.34. The van der Waals surface area contributed by atoms with Gasteiger partial charge < -0.3 is 9.80 Å². The van der Waals surface area contributed by atoms with Crippen LogP contribution in [0.5, 0.6) is 0 Å². The maximum atomic E-state index is 13.1. The number of anilines is 3. The summed E-state index contributed by atoms with van der Waals surface area (Å²) < 4.78 is 68.0. The molecule has 1 aromatic carbocycles. The number of nitrogens with zero attached hydrogens (tertiary/aromatic N) is 6. The fourth-order valence-corrected chi connectivity index (χ4v) is 6.17. The minimum absolute atomic E-state index is 0.0295. The van der Waals surface area contributed by atoms with Gasteiger partial charge in [0, 0.05) is 37.4 Å². The molecule has 1 saturated heterocycles. The fraction of sp³-hybridized carbons (Fsp3) is 0.333. The lowest BCUT2D eigenvalue weighted by Gasteiger charge is -2.26. The third kappa shape index (κ3) is 6.13. The Morgan fingerprint density at radius 1 is 1.05 bits per heavy atom. The van der Waals surface area contributed by atoms with E-state index in [1.54, 1.807) is 18.7 Å². The first-order chi connectivity index (χ1) is 18.3. The molecule has 0 unspecified atom stereocenters. The zero-order valence-corrected chi connectivity index (χ0v) is 23.0. The van der Waals surface area contributed by atoms with E-state index in [4.69, 9.17) is 23.2 Å². The van der Waals surface area contributed by atoms with Gasteiger partial charge in [-0.1, -0.05) is 23.2 Å². The normalized spacial score (nSPS) is 14.6. The van der Waals surface area contributed by atoms with E-state index in [-0.39, 0.29) is 38.7 Å². The number of benzene rings is 1. The molecule has 2 aromatic heterocycles. The van der Waals surface area contributed by atoms with Crippen molar-refractivity contribution in [2.24, 2.45) is 0 Å². The molecule has 3 heterocycles. The first kappa shape index (κ1) is 28.7. The topological polar surface area (TPSA) is 115 Å². The number of hydrogen-bond donors (Lipinski definition) is 1. The molecule has 1 fully saturated rings. The van der Waals surface area contributed by atoms with Crippen LogP contribution in [0, 0.1) is 25.2 Å². The minimum atomic E-state index is -4.58. The van der Waals surface area contributed by atoms with Crippen molar-refractivity contribution in [1.29, 1.82) is 5.26 Å². The number of aromatic nitrogens is 3. The van der Waals surface area contributed by atoms with Crippen molar-refractivity contribution < 1.29 is 21.6 Å². The van der Waals surface area contributed by atoms with Crippen LogP contribution in [0.1, 0.15) is 28.9 Å². The summed E-state index contributed by atoms with van der Waals surface area (Å²) in [7, 11) is -4.13. The van der Waals surface area contributed by atoms with E-state index < -0.39 is 21.9 Å². The van der Waals surface area contributed by atoms with Crippen LogP contribution in [0.3, 0.4) is 0 Å². The van der Waals surface area contributed by atoms with E-state index in [0.717, 1.165) is 12.3 Å². The van der Waals surface area contributed by atoms with Crippen LogP contribution in [0.15, 0.2) is 35.4 Å². The Morgan fingerprint density at radius 3 is 2.41 bits per heavy atom. The predicted molar refractivity (Wildman–Crippen MR) is 142 cm³/mol. The summed E-state index contributed by atoms with van der Waals surface area (Å²) in [4.78, 5) is 15.5. The van der Waals surface area contributed by atoms with Crippen molar-refractivity contribution in [3.8, 4) is 6.07 Å². The molecular formula is C24H22Cl2F3N7O2S. The van der Waals surface area contributed by atoms with E-state index in [1.807, 2.05) is 4.90 Å². The van der Waals surface area contributed by atoms with Gasteiger partial charge >= 0.3 is 6.18 Å². The van der Waals surface area contributed by atoms with Gasteiger partial charge in [0.25, 0.3) is 10.0 Å². The molecule has 15 heteroatoms. The molecule has 1 aliphatic rings. The van der Waals surface area contributed by atoms with Gasteiger partial charge in [0.05, 0.1) is 22.0 Å². The summed E-state index contributed by atoms with van der Waals surface area (Å²) in [6.45, 7) is 4.69. The summed E-state index contributed by atoms with van der Waals surface area (Å²) in [5.74, 6) is 0.324. The van der Waals surface area contributed by atoms with Crippen LogP contribution in [-0.4, -0.2) is 49.5 Å². The van der Waals surface area contributed by atoms with Gasteiger partial charge in [-0.3, -0.25) is 4.72 Å². The number of hydrogen-bond acceptors (Lipinski definition) is 8. The third-order valence-corrected chi connectivity index (χ3v) is 8.22. The van der Waals surface area contributed by atoms with Crippen LogP contribution in [0.25, 0.3) is 0 Å². The first-order valence-electron chi connectivity index (χ1n) is 11.6. The molecule has 0 spiro atoms. The van der Waals surface area contributed by atoms with Crippen LogP contribution in [-0.2, 0) is 16.2 Å². The summed E-state index contributed by atoms with van der Waals surface area (Å²) in [6, 6.07) is 6.92. The molecule has 1 N–H and O–H groups in total. The molecule has 3 aromatic rings. The van der Waals surface area contributed by atoms with Crippen molar-refractivity contribution in [3.63, 3.8) is 0 Å². The van der Waals surface area contributed by atoms with Gasteiger partial charge in [-0.2, -0.15) is 18.4 Å². The van der Waals surface area contributed by atoms with Crippen LogP contribution in [0.4, 0.5) is 30.6 Å². The number of nitrogens with one attached hydrogen (secondary N) is 1. The summed E-state index contributed by atoms with van der Waals surface area (Å²) in [5.41, 5.74) is -0.000862. The van der Waals surface area contributed by atoms with E-state index in [0.29, 0.717) is 43.1 Å². The van der Waals surface area contributed by atoms with Crippen LogP contribution in [0.2, 0.25) is 10.0 Å². The van der Waals surface area contributed by atoms with Gasteiger partial charge in [0.2, 0.25) is 5.95 Å². The summed E-state index contributed by atoms with van der Waals surface area (Å²) >= 11 is 12.0. The lowest BCUT2D eigenvalue weighted by molar-refractivity contribution is -0.141. The standard InChI is InChI=1S/C24H22Cl2F3N7O2S/c1-14-17(13-30)22(32-15(2)21(14)34-39(37,38)19-5-4-16(25)12-18(19)26)35-8-3-9-36(11-10-35)23-31-7-6-20(33-23)24(27,28)29/h4-7,12,34H,3,8-11H2,1-2H3. The minimum Gasteiger partial charge on any atom is -0.354 e. The number of sulfonamides is 1. The lowest BCUT2D eigenvalue weighted by Crippen LogP contribution is -2.33. The predicted octanol–water partition coefficient (Wildman–Crippen LogP) is 5.20. The molecular weight excluding hydrogens is 578 g/mol. The zero-order chi connectivity index (χ0) is 28.5. The number of aryl methyl sites for hydroxylation is 1. The van der Waals surface area contributed by atoms with Crippen LogP contribution < -0.4 is 14.5 Å². The Balaban J connectivity index is 1.61. The van der Waals surface area contributed by atoms with Crippen molar-refractivity contribution in [3.05, 3.63) is 63.0 Å². The molecule has 4 rings (SSSR count). The van der Waals surface area contributed by atoms with Crippen molar-refractivity contribution in [2.45, 2.75) is 31.3 Å². The first-order valence-corrected chi connectivity index (χ1v) is 13.8. The molecule has 39 heavy (non-hydrogen) atoms. The highest BCUT2D eigenvalue weighted by Gasteiger charge is 2.33. The summed E-state index contributed by atoms with van der Waals surface area (Å²) in [6.07, 6.45) is -2.97. The lowest BCUT2D eigenvalue weighted by atomic mass is 10.1. The van der Waals surface area contributed by atoms with Gasteiger partial charge in [0.15, 0.2) is 0 Å². The molecule has 1 aliphatic heterocycles. The second-order valence-corrected chi connectivity index (χ2v) is 11.2. The van der Waals surface area contributed by atoms with Gasteiger partial charge in [-0.15, -0.1) is 0 Å². The highest BCUT2D eigenvalue weighted by atomic mass is 35.5. The fourth-order valence-electron chi connectivity index (χ4n) is 4.22. The molecule has 0 atom stereocenters. The molecule has 206 valence electrons. The quantitative estimate of drug-likeness (QED) is 0.425. The van der Waals surface area contributed by atoms with E-state index >= 15 is 0 Å². The number of rotatable bonds is 5. The molecule has 0 bridgehead atoms. The zero-order valence-electron chi connectivity index (χ0n) is 20.7. The van der Waals surface area contributed by atoms with Crippen molar-refractivity contribution in [2.75, 3.05) is 40.7 Å². The van der Waals surface area contributed by atoms with Crippen LogP contribution >= 0.6 is 23.2 Å². The third-order valence-electron chi connectivity index (χ3n) is 6.15. The van der Waals surface area contributed by atoms with Crippen molar-refractivity contribution in [1.82, 2.24) is 15.0 Å². The van der Waals surface area contributed by atoms with Gasteiger partial charge in [-0.25, -0.2) is 23.4 Å². The largest absolute Gasteiger partial charge is 0.433 e. The number of halogens is 5. The monoisotopic (exact) mass is 599 g/mol. The SMILES string of the molecule is Cc1nc(N2CCCN(c3nccc(C(F)(F)F)n3)CC2)c(C#N)c(C)c1NS(=O)(=O)c1ccc(Cl)cc1Cl. The van der Waals surface area contributed by atoms with E-state index in [9.17, 15) is 26.9 Å². The summed E-state index contributed by atoms with van der Waals surface area (Å²) in [5, 5.41) is 10.2. The number of pyridine rings is 1. The average Bonchev–Trinajstić information content (AvgIpc) is 3.12. The Bertz CT molecular complexity index is 1560. The maximum Gasteiger partial charge on any atom is 0.433 e. The second kappa shape index (κ2) is 11.0. The number of alkyl halides is 3. The Kier molecular flexibility index (Phi) is 8.11. The average molecular weight is 600 g/mol. The molecule has 0 aliphatic carbocycles. The Morgan fingerprint density at radius 2 is 1.74 bits per heavy atom. The Labute approximate surface area is 233 Å². The second-order valence-electron chi connectivity index (χ2n) is 8.76. The Hall–Kier alpha value is -3.34. The van der Waals surface area contributed by atoms with Crippen molar-refractivity contribution >= 4 is 50.7 Å². The molecule has 0 radical (unpaired) electrons. The van der Waals surface area contributed by atoms with E-state index in [1.165, 1.54) is 18.2 Å². The molecule has 0 saturated carbocycles. The highest BCUT2D eigenvalue weighted by molar-refractivity contribution is 7.92.